The number of nitro groups is 1. The number of halogens is 1. The van der Waals surface area contributed by atoms with Crippen molar-refractivity contribution in [2.75, 3.05) is 24.2 Å². The van der Waals surface area contributed by atoms with Crippen LogP contribution in [0.1, 0.15) is 44.6 Å². The van der Waals surface area contributed by atoms with Crippen LogP contribution in [0.25, 0.3) is 0 Å². The minimum Gasteiger partial charge on any atom is -0.495 e. The van der Waals surface area contributed by atoms with E-state index in [1.807, 2.05) is 0 Å². The minimum atomic E-state index is -4.11. The predicted molar refractivity (Wildman–Crippen MR) is 148 cm³/mol. The van der Waals surface area contributed by atoms with Crippen molar-refractivity contribution in [2.24, 2.45) is 0 Å². The van der Waals surface area contributed by atoms with Gasteiger partial charge in [-0.2, -0.15) is 0 Å². The molecule has 1 atom stereocenters. The number of carbonyl (C=O) groups is 2. The van der Waals surface area contributed by atoms with Gasteiger partial charge < -0.3 is 15.0 Å². The summed E-state index contributed by atoms with van der Waals surface area (Å²) in [7, 11) is -2.83. The molecule has 2 aromatic carbocycles. The van der Waals surface area contributed by atoms with Crippen LogP contribution in [0.2, 0.25) is 5.02 Å². The molecule has 212 valence electrons. The van der Waals surface area contributed by atoms with E-state index in [0.29, 0.717) is 10.6 Å². The van der Waals surface area contributed by atoms with Crippen molar-refractivity contribution in [3.8, 4) is 5.75 Å². The number of nitrogens with one attached hydrogen (secondary N) is 1. The number of methoxy groups -OCH3 is 1. The average Bonchev–Trinajstić information content (AvgIpc) is 2.90. The zero-order valence-electron chi connectivity index (χ0n) is 22.1. The van der Waals surface area contributed by atoms with Crippen molar-refractivity contribution < 1.29 is 27.7 Å². The van der Waals surface area contributed by atoms with Crippen molar-refractivity contribution in [3.63, 3.8) is 0 Å². The zero-order valence-corrected chi connectivity index (χ0v) is 23.7. The molecule has 0 radical (unpaired) electrons. The van der Waals surface area contributed by atoms with E-state index in [4.69, 9.17) is 16.3 Å². The number of ether oxygens (including phenoxy) is 1. The van der Waals surface area contributed by atoms with Crippen molar-refractivity contribution in [2.45, 2.75) is 57.7 Å². The van der Waals surface area contributed by atoms with E-state index in [1.165, 1.54) is 24.1 Å². The lowest BCUT2D eigenvalue weighted by Gasteiger charge is -2.33. The lowest BCUT2D eigenvalue weighted by molar-refractivity contribution is -0.384. The third-order valence-electron chi connectivity index (χ3n) is 6.74. The Labute approximate surface area is 233 Å². The molecule has 39 heavy (non-hydrogen) atoms. The minimum absolute atomic E-state index is 0.00705. The van der Waals surface area contributed by atoms with E-state index in [2.05, 4.69) is 5.32 Å². The van der Waals surface area contributed by atoms with Gasteiger partial charge in [0.25, 0.3) is 5.69 Å². The topological polar surface area (TPSA) is 139 Å². The zero-order chi connectivity index (χ0) is 28.7. The molecule has 0 unspecified atom stereocenters. The van der Waals surface area contributed by atoms with Crippen LogP contribution < -0.4 is 14.4 Å². The summed E-state index contributed by atoms with van der Waals surface area (Å²) in [4.78, 5) is 39.0. The largest absolute Gasteiger partial charge is 0.495 e. The van der Waals surface area contributed by atoms with Gasteiger partial charge >= 0.3 is 0 Å². The number of nitrogens with zero attached hydrogens (tertiary/aromatic N) is 3. The number of carbonyl (C=O) groups excluding carboxylic acids is 2. The molecule has 0 saturated heterocycles. The summed E-state index contributed by atoms with van der Waals surface area (Å²) in [6.45, 7) is 0.801. The fourth-order valence-corrected chi connectivity index (χ4v) is 5.58. The van der Waals surface area contributed by atoms with Crippen LogP contribution in [0.3, 0.4) is 0 Å². The first-order valence-electron chi connectivity index (χ1n) is 12.6. The van der Waals surface area contributed by atoms with Crippen molar-refractivity contribution in [1.82, 2.24) is 10.2 Å². The quantitative estimate of drug-likeness (QED) is 0.314. The third-order valence-corrected chi connectivity index (χ3v) is 8.23. The SMILES string of the molecule is COc1ccc([N+](=O)[O-])cc1N(CC(=O)N(Cc1ccccc1Cl)[C@@H](C)C(=O)NC1CCCCC1)S(C)(=O)=O. The van der Waals surface area contributed by atoms with Gasteiger partial charge in [-0.1, -0.05) is 49.1 Å². The summed E-state index contributed by atoms with van der Waals surface area (Å²) in [5.74, 6) is -1.03. The van der Waals surface area contributed by atoms with Crippen LogP contribution in [0.15, 0.2) is 42.5 Å². The van der Waals surface area contributed by atoms with E-state index in [1.54, 1.807) is 31.2 Å². The van der Waals surface area contributed by atoms with E-state index >= 15 is 0 Å². The second-order valence-corrected chi connectivity index (χ2v) is 11.8. The van der Waals surface area contributed by atoms with E-state index < -0.39 is 33.4 Å². The summed E-state index contributed by atoms with van der Waals surface area (Å²) in [5, 5.41) is 14.8. The second-order valence-electron chi connectivity index (χ2n) is 9.52. The normalized spacial score (nSPS) is 14.8. The highest BCUT2D eigenvalue weighted by Crippen LogP contribution is 2.34. The van der Waals surface area contributed by atoms with Gasteiger partial charge in [0.15, 0.2) is 0 Å². The fourth-order valence-electron chi connectivity index (χ4n) is 4.54. The molecule has 0 spiro atoms. The number of nitro benzene ring substituents is 1. The van der Waals surface area contributed by atoms with E-state index in [9.17, 15) is 28.1 Å². The molecule has 0 bridgehead atoms. The van der Waals surface area contributed by atoms with Crippen molar-refractivity contribution >= 4 is 44.8 Å². The van der Waals surface area contributed by atoms with Crippen LogP contribution in [0, 0.1) is 10.1 Å². The van der Waals surface area contributed by atoms with E-state index in [0.717, 1.165) is 48.7 Å². The molecule has 1 aliphatic carbocycles. The number of non-ortho nitro benzene ring substituents is 1. The summed E-state index contributed by atoms with van der Waals surface area (Å²) in [5.41, 5.74) is 0.0308. The second kappa shape index (κ2) is 13.1. The third kappa shape index (κ3) is 7.82. The standard InChI is InChI=1S/C26H33ClN4O7S/c1-18(26(33)28-20-10-5-4-6-11-20)29(16-19-9-7-8-12-22(19)27)25(32)17-30(39(3,36)37)23-15-21(31(34)35)13-14-24(23)38-2/h7-9,12-15,18,20H,4-6,10-11,16-17H2,1-3H3,(H,28,33)/t18-/m0/s1. The van der Waals surface area contributed by atoms with Crippen LogP contribution >= 0.6 is 11.6 Å². The lowest BCUT2D eigenvalue weighted by Crippen LogP contribution is -2.53. The highest BCUT2D eigenvalue weighted by Gasteiger charge is 2.33. The Kier molecular flexibility index (Phi) is 10.1. The van der Waals surface area contributed by atoms with Gasteiger partial charge in [0.2, 0.25) is 21.8 Å². The maximum atomic E-state index is 13.8. The molecular formula is C26H33ClN4O7S. The summed E-state index contributed by atoms with van der Waals surface area (Å²) < 4.78 is 31.7. The molecule has 1 N–H and O–H groups in total. The number of hydrogen-bond donors (Lipinski definition) is 1. The smallest absolute Gasteiger partial charge is 0.271 e. The highest BCUT2D eigenvalue weighted by atomic mass is 35.5. The molecule has 2 aromatic rings. The van der Waals surface area contributed by atoms with Crippen LogP contribution in [0.4, 0.5) is 11.4 Å². The molecule has 1 fully saturated rings. The molecule has 0 aliphatic heterocycles. The molecule has 1 saturated carbocycles. The van der Waals surface area contributed by atoms with Gasteiger partial charge in [-0.15, -0.1) is 0 Å². The van der Waals surface area contributed by atoms with Crippen LogP contribution in [-0.2, 0) is 26.2 Å². The van der Waals surface area contributed by atoms with Gasteiger partial charge in [0.05, 0.1) is 18.3 Å². The number of benzene rings is 2. The van der Waals surface area contributed by atoms with Gasteiger partial charge in [0, 0.05) is 29.7 Å². The Balaban J connectivity index is 1.97. The van der Waals surface area contributed by atoms with Gasteiger partial charge in [0.1, 0.15) is 24.0 Å². The molecule has 0 aromatic heterocycles. The number of amides is 2. The van der Waals surface area contributed by atoms with Gasteiger partial charge in [-0.05, 0) is 37.5 Å². The highest BCUT2D eigenvalue weighted by molar-refractivity contribution is 7.92. The fraction of sp³-hybridized carbons (Fsp3) is 0.462. The van der Waals surface area contributed by atoms with Crippen LogP contribution in [-0.4, -0.2) is 62.0 Å². The van der Waals surface area contributed by atoms with Gasteiger partial charge in [-0.25, -0.2) is 8.42 Å². The number of sulfonamides is 1. The Morgan fingerprint density at radius 2 is 1.85 bits per heavy atom. The van der Waals surface area contributed by atoms with Crippen molar-refractivity contribution in [3.05, 3.63) is 63.2 Å². The maximum absolute atomic E-state index is 13.8. The first kappa shape index (κ1) is 30.2. The summed E-state index contributed by atoms with van der Waals surface area (Å²) in [6.07, 6.45) is 5.72. The lowest BCUT2D eigenvalue weighted by atomic mass is 9.95. The Morgan fingerprint density at radius 3 is 2.44 bits per heavy atom. The summed E-state index contributed by atoms with van der Waals surface area (Å²) >= 11 is 6.35. The van der Waals surface area contributed by atoms with Gasteiger partial charge in [-0.3, -0.25) is 24.0 Å². The molecule has 0 heterocycles. The first-order valence-corrected chi connectivity index (χ1v) is 14.8. The average molecular weight is 581 g/mol. The summed E-state index contributed by atoms with van der Waals surface area (Å²) in [6, 6.07) is 9.37. The number of rotatable bonds is 11. The molecular weight excluding hydrogens is 548 g/mol. The number of hydrogen-bond acceptors (Lipinski definition) is 7. The van der Waals surface area contributed by atoms with E-state index in [-0.39, 0.29) is 35.6 Å². The number of anilines is 1. The maximum Gasteiger partial charge on any atom is 0.271 e. The Morgan fingerprint density at radius 1 is 1.18 bits per heavy atom. The first-order chi connectivity index (χ1) is 18.4. The predicted octanol–water partition coefficient (Wildman–Crippen LogP) is 3.89. The molecule has 3 rings (SSSR count). The Bertz CT molecular complexity index is 1320. The molecule has 2 amide bonds. The molecule has 1 aliphatic rings. The molecule has 11 nitrogen and oxygen atoms in total. The Hall–Kier alpha value is -3.38. The monoisotopic (exact) mass is 580 g/mol. The van der Waals surface area contributed by atoms with Crippen LogP contribution in [0.5, 0.6) is 5.75 Å². The van der Waals surface area contributed by atoms with Crippen molar-refractivity contribution in [1.29, 1.82) is 0 Å². The molecule has 13 heteroatoms.